The van der Waals surface area contributed by atoms with Crippen LogP contribution in [0, 0.1) is 6.92 Å². The Labute approximate surface area is 91.8 Å². The van der Waals surface area contributed by atoms with Crippen molar-refractivity contribution in [3.8, 4) is 0 Å². The van der Waals surface area contributed by atoms with Crippen molar-refractivity contribution >= 4 is 0 Å². The minimum absolute atomic E-state index is 0.784. The molecule has 3 nitrogen and oxygen atoms in total. The maximum atomic E-state index is 5.62. The molecular formula is C12H20N2O. The average molecular weight is 208 g/mol. The lowest BCUT2D eigenvalue weighted by molar-refractivity contribution is 0.359. The van der Waals surface area contributed by atoms with Crippen molar-refractivity contribution in [2.45, 2.75) is 20.0 Å². The number of hydrogen-bond acceptors (Lipinski definition) is 3. The molecule has 1 N–H and O–H groups in total. The van der Waals surface area contributed by atoms with Crippen molar-refractivity contribution in [3.63, 3.8) is 0 Å². The molecule has 0 aliphatic carbocycles. The molecule has 0 aliphatic heterocycles. The maximum absolute atomic E-state index is 5.62. The molecule has 1 heterocycles. The topological polar surface area (TPSA) is 28.4 Å². The van der Waals surface area contributed by atoms with E-state index < -0.39 is 0 Å². The molecule has 1 aromatic heterocycles. The minimum Gasteiger partial charge on any atom is -0.465 e. The summed E-state index contributed by atoms with van der Waals surface area (Å²) in [4.78, 5) is 2.20. The van der Waals surface area contributed by atoms with Crippen LogP contribution < -0.4 is 5.32 Å². The summed E-state index contributed by atoms with van der Waals surface area (Å²) in [7, 11) is 3.99. The van der Waals surface area contributed by atoms with Gasteiger partial charge >= 0.3 is 0 Å². The first-order valence-corrected chi connectivity index (χ1v) is 5.19. The highest BCUT2D eigenvalue weighted by molar-refractivity contribution is 5.20. The van der Waals surface area contributed by atoms with E-state index in [1.54, 1.807) is 0 Å². The molecule has 0 radical (unpaired) electrons. The van der Waals surface area contributed by atoms with Crippen molar-refractivity contribution in [1.82, 2.24) is 10.2 Å². The molecule has 0 atom stereocenters. The van der Waals surface area contributed by atoms with E-state index in [-0.39, 0.29) is 0 Å². The Bertz CT molecular complexity index is 317. The van der Waals surface area contributed by atoms with Crippen molar-refractivity contribution < 1.29 is 4.42 Å². The average Bonchev–Trinajstić information content (AvgIpc) is 2.48. The Hall–Kier alpha value is -1.06. The molecule has 0 amide bonds. The molecule has 1 aromatic rings. The van der Waals surface area contributed by atoms with E-state index in [4.69, 9.17) is 4.42 Å². The van der Waals surface area contributed by atoms with Gasteiger partial charge in [0, 0.05) is 18.7 Å². The molecule has 0 aliphatic rings. The first-order chi connectivity index (χ1) is 7.17. The van der Waals surface area contributed by atoms with Gasteiger partial charge in [0.15, 0.2) is 0 Å². The quantitative estimate of drug-likeness (QED) is 0.724. The molecule has 0 aromatic carbocycles. The third kappa shape index (κ3) is 3.53. The molecule has 0 bridgehead atoms. The third-order valence-corrected chi connectivity index (χ3v) is 2.30. The number of hydrogen-bond donors (Lipinski definition) is 1. The van der Waals surface area contributed by atoms with Gasteiger partial charge in [-0.15, -0.1) is 6.58 Å². The minimum atomic E-state index is 0.784. The summed E-state index contributed by atoms with van der Waals surface area (Å²) in [6.07, 6.45) is 1.91. The summed E-state index contributed by atoms with van der Waals surface area (Å²) >= 11 is 0. The van der Waals surface area contributed by atoms with Crippen molar-refractivity contribution in [2.24, 2.45) is 0 Å². The van der Waals surface area contributed by atoms with Crippen LogP contribution in [0.5, 0.6) is 0 Å². The van der Waals surface area contributed by atoms with Crippen LogP contribution in [-0.2, 0) is 13.1 Å². The van der Waals surface area contributed by atoms with Crippen LogP contribution in [-0.4, -0.2) is 25.5 Å². The zero-order valence-electron chi connectivity index (χ0n) is 9.84. The van der Waals surface area contributed by atoms with Gasteiger partial charge in [-0.25, -0.2) is 0 Å². The molecule has 1 rings (SSSR count). The second-order valence-electron chi connectivity index (χ2n) is 3.81. The van der Waals surface area contributed by atoms with E-state index in [1.807, 2.05) is 20.0 Å². The van der Waals surface area contributed by atoms with Crippen LogP contribution in [0.4, 0.5) is 0 Å². The van der Waals surface area contributed by atoms with Gasteiger partial charge in [-0.2, -0.15) is 0 Å². The van der Waals surface area contributed by atoms with Gasteiger partial charge < -0.3 is 9.73 Å². The lowest BCUT2D eigenvalue weighted by Gasteiger charge is -2.12. The van der Waals surface area contributed by atoms with Crippen LogP contribution >= 0.6 is 0 Å². The van der Waals surface area contributed by atoms with Crippen LogP contribution in [0.3, 0.4) is 0 Å². The monoisotopic (exact) mass is 208 g/mol. The normalized spacial score (nSPS) is 10.9. The predicted octanol–water partition coefficient (Wildman–Crippen LogP) is 1.93. The second kappa shape index (κ2) is 5.73. The second-order valence-corrected chi connectivity index (χ2v) is 3.81. The van der Waals surface area contributed by atoms with E-state index in [1.165, 1.54) is 5.56 Å². The highest BCUT2D eigenvalue weighted by atomic mass is 16.3. The first-order valence-electron chi connectivity index (χ1n) is 5.19. The molecule has 3 heteroatoms. The van der Waals surface area contributed by atoms with E-state index in [9.17, 15) is 0 Å². The fraction of sp³-hybridized carbons (Fsp3) is 0.500. The van der Waals surface area contributed by atoms with Gasteiger partial charge in [0.2, 0.25) is 0 Å². The molecule has 0 saturated carbocycles. The van der Waals surface area contributed by atoms with Crippen LogP contribution in [0.1, 0.15) is 17.1 Å². The van der Waals surface area contributed by atoms with Crippen molar-refractivity contribution in [3.05, 3.63) is 35.8 Å². The lowest BCUT2D eigenvalue weighted by Crippen LogP contribution is -2.17. The fourth-order valence-corrected chi connectivity index (χ4v) is 1.58. The summed E-state index contributed by atoms with van der Waals surface area (Å²) < 4.78 is 5.62. The van der Waals surface area contributed by atoms with E-state index in [2.05, 4.69) is 29.9 Å². The molecular weight excluding hydrogens is 188 g/mol. The van der Waals surface area contributed by atoms with Crippen LogP contribution in [0.2, 0.25) is 0 Å². The van der Waals surface area contributed by atoms with E-state index in [0.29, 0.717) is 0 Å². The Balaban J connectivity index is 2.63. The van der Waals surface area contributed by atoms with Gasteiger partial charge in [-0.3, -0.25) is 4.90 Å². The standard InChI is InChI=1S/C12H20N2O/c1-5-6-14(4)9-11-7-12(8-13-3)15-10(11)2/h5,7,13H,1,6,8-9H2,2-4H3. The largest absolute Gasteiger partial charge is 0.465 e. The highest BCUT2D eigenvalue weighted by Crippen LogP contribution is 2.16. The van der Waals surface area contributed by atoms with Gasteiger partial charge in [-0.1, -0.05) is 6.08 Å². The smallest absolute Gasteiger partial charge is 0.118 e. The zero-order chi connectivity index (χ0) is 11.3. The van der Waals surface area contributed by atoms with Gasteiger partial charge in [0.1, 0.15) is 11.5 Å². The number of likely N-dealkylation sites (N-methyl/N-ethyl adjacent to an activating group) is 1. The predicted molar refractivity (Wildman–Crippen MR) is 62.7 cm³/mol. The summed E-state index contributed by atoms with van der Waals surface area (Å²) in [5.74, 6) is 2.01. The zero-order valence-corrected chi connectivity index (χ0v) is 9.84. The van der Waals surface area contributed by atoms with Gasteiger partial charge in [0.25, 0.3) is 0 Å². The van der Waals surface area contributed by atoms with Crippen LogP contribution in [0.15, 0.2) is 23.1 Å². The lowest BCUT2D eigenvalue weighted by atomic mass is 10.2. The van der Waals surface area contributed by atoms with Crippen LogP contribution in [0.25, 0.3) is 0 Å². The summed E-state index contributed by atoms with van der Waals surface area (Å²) in [5, 5.41) is 3.08. The van der Waals surface area contributed by atoms with E-state index in [0.717, 1.165) is 31.2 Å². The number of rotatable bonds is 6. The van der Waals surface area contributed by atoms with E-state index >= 15 is 0 Å². The van der Waals surface area contributed by atoms with Crippen molar-refractivity contribution in [1.29, 1.82) is 0 Å². The van der Waals surface area contributed by atoms with Gasteiger partial charge in [0.05, 0.1) is 6.54 Å². The molecule has 0 fully saturated rings. The number of nitrogens with one attached hydrogen (secondary N) is 1. The number of aryl methyl sites for hydroxylation is 1. The van der Waals surface area contributed by atoms with Crippen molar-refractivity contribution in [2.75, 3.05) is 20.6 Å². The fourth-order valence-electron chi connectivity index (χ4n) is 1.58. The summed E-state index contributed by atoms with van der Waals surface area (Å²) in [5.41, 5.74) is 1.25. The highest BCUT2D eigenvalue weighted by Gasteiger charge is 2.08. The summed E-state index contributed by atoms with van der Waals surface area (Å²) in [6, 6.07) is 2.12. The molecule has 84 valence electrons. The number of nitrogens with zero attached hydrogens (tertiary/aromatic N) is 1. The Morgan fingerprint density at radius 1 is 1.60 bits per heavy atom. The molecule has 15 heavy (non-hydrogen) atoms. The maximum Gasteiger partial charge on any atom is 0.118 e. The SMILES string of the molecule is C=CCN(C)Cc1cc(CNC)oc1C. The first kappa shape index (κ1) is 12.0. The molecule has 0 saturated heterocycles. The molecule has 0 unspecified atom stereocenters. The Morgan fingerprint density at radius 3 is 2.93 bits per heavy atom. The summed E-state index contributed by atoms with van der Waals surface area (Å²) in [6.45, 7) is 8.32. The van der Waals surface area contributed by atoms with Gasteiger partial charge in [-0.05, 0) is 27.1 Å². The Kier molecular flexibility index (Phi) is 4.59. The number of furan rings is 1. The third-order valence-electron chi connectivity index (χ3n) is 2.30. The molecule has 0 spiro atoms. The Morgan fingerprint density at radius 2 is 2.33 bits per heavy atom.